The molecule has 24 nitrogen and oxygen atoms in total. The van der Waals surface area contributed by atoms with Gasteiger partial charge in [-0.3, -0.25) is 39.2 Å². The molecule has 9 rings (SSSR count). The summed E-state index contributed by atoms with van der Waals surface area (Å²) >= 11 is 0. The zero-order valence-corrected chi connectivity index (χ0v) is 37.5. The predicted octanol–water partition coefficient (Wildman–Crippen LogP) is 1.37. The number of methoxy groups -OCH3 is 4. The van der Waals surface area contributed by atoms with E-state index in [1.54, 1.807) is 24.3 Å². The molecule has 2 aromatic rings. The third-order valence-electron chi connectivity index (χ3n) is 13.6. The van der Waals surface area contributed by atoms with E-state index in [1.807, 2.05) is 0 Å². The summed E-state index contributed by atoms with van der Waals surface area (Å²) < 4.78 is 45.9. The first kappa shape index (κ1) is 43.8. The summed E-state index contributed by atoms with van der Waals surface area (Å²) in [5.41, 5.74) is -10.3. The fourth-order valence-electron chi connectivity index (χ4n) is 11.2. The highest BCUT2D eigenvalue weighted by molar-refractivity contribution is 6.13. The van der Waals surface area contributed by atoms with Gasteiger partial charge in [-0.15, -0.1) is 0 Å². The van der Waals surface area contributed by atoms with Crippen molar-refractivity contribution in [3.05, 3.63) is 46.5 Å². The molecule has 8 amide bonds. The van der Waals surface area contributed by atoms with Crippen molar-refractivity contribution >= 4 is 48.0 Å². The van der Waals surface area contributed by atoms with Crippen LogP contribution in [-0.2, 0) is 64.3 Å². The second-order valence-electron chi connectivity index (χ2n) is 15.9. The second kappa shape index (κ2) is 15.1. The van der Waals surface area contributed by atoms with E-state index < -0.39 is 110 Å². The van der Waals surface area contributed by atoms with Crippen molar-refractivity contribution in [2.24, 2.45) is 0 Å². The first-order valence-electron chi connectivity index (χ1n) is 21.2. The van der Waals surface area contributed by atoms with Crippen molar-refractivity contribution in [3.63, 3.8) is 0 Å². The summed E-state index contributed by atoms with van der Waals surface area (Å²) in [5, 5.41) is 0. The molecule has 66 heavy (non-hydrogen) atoms. The van der Waals surface area contributed by atoms with Gasteiger partial charge in [0, 0.05) is 22.3 Å². The number of esters is 4. The Morgan fingerprint density at radius 1 is 0.394 bits per heavy atom. The molecule has 0 N–H and O–H groups in total. The van der Waals surface area contributed by atoms with Gasteiger partial charge in [-0.25, -0.2) is 38.4 Å². The normalized spacial score (nSPS) is 26.4. The molecule has 0 unspecified atom stereocenters. The number of urea groups is 4. The molecule has 352 valence electrons. The molecule has 0 atom stereocenters. The van der Waals surface area contributed by atoms with Gasteiger partial charge in [-0.05, 0) is 52.0 Å². The standard InChI is InChI=1S/C42H48N8O16/c1-9-63-31(51)39-41(33(53)65-11-3)47-21-49-37(57)45-19-25-26(30(62-8)16-15-29(25)61-7)20-46-38(58)50(42(49,34(54)66-12-4)40(45,46)32(52)64-10-2)22-48(41)36(56)44(39)18-24-23(17-43(39)35(47)55)27(59-5)13-14-28(24)60-6/h13-16H,9-12,17-22H2,1-8H3. The van der Waals surface area contributed by atoms with E-state index in [1.165, 1.54) is 56.1 Å². The predicted molar refractivity (Wildman–Crippen MR) is 217 cm³/mol. The highest BCUT2D eigenvalue weighted by Gasteiger charge is 2.93. The summed E-state index contributed by atoms with van der Waals surface area (Å²) in [7, 11) is 5.53. The lowest BCUT2D eigenvalue weighted by atomic mass is 9.88. The monoisotopic (exact) mass is 920 g/mol. The van der Waals surface area contributed by atoms with Crippen molar-refractivity contribution in [2.75, 3.05) is 68.2 Å². The molecule has 5 fully saturated rings. The Hall–Kier alpha value is -7.40. The molecule has 2 aromatic carbocycles. The zero-order valence-electron chi connectivity index (χ0n) is 37.5. The number of ether oxygens (including phenoxy) is 8. The zero-order chi connectivity index (χ0) is 47.4. The number of hydrogen-bond acceptors (Lipinski definition) is 16. The van der Waals surface area contributed by atoms with Crippen molar-refractivity contribution < 1.29 is 76.3 Å². The molecule has 5 saturated heterocycles. The molecular weight excluding hydrogens is 873 g/mol. The van der Waals surface area contributed by atoms with Crippen LogP contribution in [0, 0.1) is 0 Å². The summed E-state index contributed by atoms with van der Waals surface area (Å²) in [4.78, 5) is 132. The van der Waals surface area contributed by atoms with Crippen LogP contribution < -0.4 is 18.9 Å². The first-order chi connectivity index (χ1) is 31.7. The summed E-state index contributed by atoms with van der Waals surface area (Å²) in [6.07, 6.45) is 0. The fourth-order valence-corrected chi connectivity index (χ4v) is 11.2. The van der Waals surface area contributed by atoms with E-state index in [2.05, 4.69) is 0 Å². The maximum atomic E-state index is 15.8. The second-order valence-corrected chi connectivity index (χ2v) is 15.9. The van der Waals surface area contributed by atoms with Gasteiger partial charge in [0.15, 0.2) is 0 Å². The number of hydrogen-bond donors (Lipinski definition) is 0. The van der Waals surface area contributed by atoms with Crippen molar-refractivity contribution in [2.45, 2.75) is 76.5 Å². The molecule has 0 aromatic heterocycles. The Labute approximate surface area is 377 Å². The number of benzene rings is 2. The van der Waals surface area contributed by atoms with Crippen LogP contribution in [0.2, 0.25) is 0 Å². The van der Waals surface area contributed by atoms with Crippen LogP contribution in [0.4, 0.5) is 19.2 Å². The number of carbonyl (C=O) groups is 8. The number of fused-ring (bicyclic) bond motifs is 2. The molecule has 0 saturated carbocycles. The molecule has 7 aliphatic rings. The molecule has 0 bridgehead atoms. The highest BCUT2D eigenvalue weighted by Crippen LogP contribution is 2.62. The minimum Gasteiger partial charge on any atom is -0.496 e. The average molecular weight is 921 g/mol. The van der Waals surface area contributed by atoms with Gasteiger partial charge in [0.25, 0.3) is 22.7 Å². The number of rotatable bonds is 12. The summed E-state index contributed by atoms with van der Waals surface area (Å²) in [5.74, 6) is -4.23. The highest BCUT2D eigenvalue weighted by atomic mass is 16.6. The topological polar surface area (TPSA) is 236 Å². The van der Waals surface area contributed by atoms with Crippen molar-refractivity contribution in [1.82, 2.24) is 39.2 Å². The largest absolute Gasteiger partial charge is 0.496 e. The third kappa shape index (κ3) is 4.72. The smallest absolute Gasteiger partial charge is 0.359 e. The lowest BCUT2D eigenvalue weighted by Crippen LogP contribution is -2.81. The Kier molecular flexibility index (Phi) is 10.0. The molecule has 7 aliphatic heterocycles. The number of carbonyl (C=O) groups excluding carboxylic acids is 8. The number of nitrogens with zero attached hydrogens (tertiary/aromatic N) is 8. The molecule has 0 radical (unpaired) electrons. The summed E-state index contributed by atoms with van der Waals surface area (Å²) in [6.45, 7) is 0.229. The van der Waals surface area contributed by atoms with E-state index in [0.717, 1.165) is 39.2 Å². The third-order valence-corrected chi connectivity index (χ3v) is 13.6. The minimum atomic E-state index is -2.93. The van der Waals surface area contributed by atoms with Crippen molar-refractivity contribution in [1.29, 1.82) is 0 Å². The Morgan fingerprint density at radius 2 is 0.591 bits per heavy atom. The Bertz CT molecular complexity index is 2230. The minimum absolute atomic E-state index is 0.228. The van der Waals surface area contributed by atoms with Gasteiger partial charge in [0.05, 0.1) is 81.0 Å². The van der Waals surface area contributed by atoms with E-state index >= 15 is 38.4 Å². The fraction of sp³-hybridized carbons (Fsp3) is 0.524. The molecule has 0 aliphatic carbocycles. The van der Waals surface area contributed by atoms with Crippen LogP contribution >= 0.6 is 0 Å². The van der Waals surface area contributed by atoms with Gasteiger partial charge < -0.3 is 37.9 Å². The molecular formula is C42H48N8O16. The van der Waals surface area contributed by atoms with Gasteiger partial charge in [0.2, 0.25) is 0 Å². The van der Waals surface area contributed by atoms with Crippen LogP contribution in [0.3, 0.4) is 0 Å². The molecule has 24 heteroatoms. The van der Waals surface area contributed by atoms with E-state index in [0.29, 0.717) is 22.3 Å². The SMILES string of the molecule is CCOC(=O)C12N3Cc4c(OC)ccc(OC)c4CN1C(=O)N1CN4C(=O)N5Cc6c(OC)ccc(OC)c6CN6C(=O)N(CN(C3=O)C12C(=O)OCC)C4(C(=O)OCC)C65C(=O)OCC. The lowest BCUT2D eigenvalue weighted by molar-refractivity contribution is -0.209. The maximum absolute atomic E-state index is 15.8. The van der Waals surface area contributed by atoms with E-state index in [9.17, 15) is 0 Å². The van der Waals surface area contributed by atoms with Crippen LogP contribution in [0.15, 0.2) is 24.3 Å². The quantitative estimate of drug-likeness (QED) is 0.216. The molecule has 0 spiro atoms. The molecule has 7 heterocycles. The van der Waals surface area contributed by atoms with Crippen LogP contribution in [-0.4, -0.2) is 178 Å². The van der Waals surface area contributed by atoms with Crippen LogP contribution in [0.1, 0.15) is 49.9 Å². The number of amides is 8. The van der Waals surface area contributed by atoms with Gasteiger partial charge in [0.1, 0.15) is 36.3 Å². The van der Waals surface area contributed by atoms with Crippen LogP contribution in [0.5, 0.6) is 23.0 Å². The van der Waals surface area contributed by atoms with Gasteiger partial charge in [-0.1, -0.05) is 0 Å². The average Bonchev–Trinajstić information content (AvgIpc) is 3.67. The summed E-state index contributed by atoms with van der Waals surface area (Å²) in [6, 6.07) is 1.78. The Balaban J connectivity index is 1.39. The van der Waals surface area contributed by atoms with E-state index in [-0.39, 0.29) is 49.4 Å². The lowest BCUT2D eigenvalue weighted by Gasteiger charge is -2.51. The maximum Gasteiger partial charge on any atom is 0.359 e. The van der Waals surface area contributed by atoms with Crippen molar-refractivity contribution in [3.8, 4) is 23.0 Å². The Morgan fingerprint density at radius 3 is 0.773 bits per heavy atom. The van der Waals surface area contributed by atoms with Gasteiger partial charge in [-0.2, -0.15) is 0 Å². The first-order valence-corrected chi connectivity index (χ1v) is 21.2. The van der Waals surface area contributed by atoms with Gasteiger partial charge >= 0.3 is 48.0 Å². The van der Waals surface area contributed by atoms with Crippen LogP contribution in [0.25, 0.3) is 0 Å². The van der Waals surface area contributed by atoms with E-state index in [4.69, 9.17) is 37.9 Å².